The Morgan fingerprint density at radius 3 is 3.00 bits per heavy atom. The molecule has 0 fully saturated rings. The topological polar surface area (TPSA) is 63.8 Å². The lowest BCUT2D eigenvalue weighted by Gasteiger charge is -1.95. The van der Waals surface area contributed by atoms with Crippen molar-refractivity contribution in [1.82, 2.24) is 15.2 Å². The van der Waals surface area contributed by atoms with Gasteiger partial charge in [-0.05, 0) is 28.9 Å². The maximum absolute atomic E-state index is 5.37. The summed E-state index contributed by atoms with van der Waals surface area (Å²) >= 11 is 3.33. The predicted molar refractivity (Wildman–Crippen MR) is 59.4 cm³/mol. The number of hydrogen-bond donors (Lipinski definition) is 1. The van der Waals surface area contributed by atoms with Crippen LogP contribution in [0.5, 0.6) is 0 Å². The number of rotatable bonds is 3. The molecule has 2 aromatic heterocycles. The highest BCUT2D eigenvalue weighted by atomic mass is 79.9. The van der Waals surface area contributed by atoms with Crippen molar-refractivity contribution in [2.75, 3.05) is 11.9 Å². The van der Waals surface area contributed by atoms with Crippen LogP contribution in [-0.4, -0.2) is 21.7 Å². The van der Waals surface area contributed by atoms with Crippen LogP contribution >= 0.6 is 15.9 Å². The van der Waals surface area contributed by atoms with E-state index in [0.717, 1.165) is 16.6 Å². The number of anilines is 1. The molecule has 5 nitrogen and oxygen atoms in total. The lowest BCUT2D eigenvalue weighted by molar-refractivity contribution is 0.582. The van der Waals surface area contributed by atoms with Crippen molar-refractivity contribution in [3.8, 4) is 11.5 Å². The van der Waals surface area contributed by atoms with Crippen molar-refractivity contribution in [3.05, 3.63) is 22.9 Å². The lowest BCUT2D eigenvalue weighted by Crippen LogP contribution is -1.95. The monoisotopic (exact) mass is 268 g/mol. The Labute approximate surface area is 95.1 Å². The summed E-state index contributed by atoms with van der Waals surface area (Å²) in [4.78, 5) is 4.02. The Bertz CT molecular complexity index is 457. The molecule has 0 atom stereocenters. The van der Waals surface area contributed by atoms with E-state index in [4.69, 9.17) is 4.42 Å². The number of halogens is 1. The van der Waals surface area contributed by atoms with Crippen molar-refractivity contribution in [3.63, 3.8) is 0 Å². The third-order valence-corrected chi connectivity index (χ3v) is 2.14. The van der Waals surface area contributed by atoms with Gasteiger partial charge in [0.25, 0.3) is 5.89 Å². The Balaban J connectivity index is 2.29. The van der Waals surface area contributed by atoms with E-state index in [2.05, 4.69) is 36.4 Å². The molecule has 0 amide bonds. The third kappa shape index (κ3) is 2.33. The number of nitrogens with one attached hydrogen (secondary N) is 1. The number of pyridine rings is 1. The first kappa shape index (κ1) is 10.1. The molecule has 0 aliphatic heterocycles. The van der Waals surface area contributed by atoms with Gasteiger partial charge < -0.3 is 9.73 Å². The van der Waals surface area contributed by atoms with Gasteiger partial charge in [0.15, 0.2) is 0 Å². The first-order chi connectivity index (χ1) is 7.29. The molecule has 2 rings (SSSR count). The van der Waals surface area contributed by atoms with E-state index in [1.54, 1.807) is 12.4 Å². The minimum Gasteiger partial charge on any atom is -0.403 e. The molecule has 0 aliphatic carbocycles. The van der Waals surface area contributed by atoms with E-state index in [0.29, 0.717) is 11.9 Å². The fourth-order valence-corrected chi connectivity index (χ4v) is 1.46. The summed E-state index contributed by atoms with van der Waals surface area (Å²) in [7, 11) is 0. The molecule has 0 spiro atoms. The number of hydrogen-bond acceptors (Lipinski definition) is 5. The molecule has 0 radical (unpaired) electrons. The highest BCUT2D eigenvalue weighted by molar-refractivity contribution is 9.10. The molecule has 0 saturated heterocycles. The van der Waals surface area contributed by atoms with Crippen molar-refractivity contribution >= 4 is 21.9 Å². The van der Waals surface area contributed by atoms with Crippen molar-refractivity contribution < 1.29 is 4.42 Å². The highest BCUT2D eigenvalue weighted by Gasteiger charge is 2.07. The molecular formula is C9H9BrN4O. The summed E-state index contributed by atoms with van der Waals surface area (Å²) in [6, 6.07) is 2.29. The molecule has 2 heterocycles. The maximum Gasteiger partial charge on any atom is 0.315 e. The molecule has 6 heteroatoms. The van der Waals surface area contributed by atoms with Crippen molar-refractivity contribution in [1.29, 1.82) is 0 Å². The molecule has 2 aromatic rings. The maximum atomic E-state index is 5.37. The van der Waals surface area contributed by atoms with Crippen molar-refractivity contribution in [2.24, 2.45) is 0 Å². The Kier molecular flexibility index (Phi) is 2.96. The average molecular weight is 269 g/mol. The van der Waals surface area contributed by atoms with E-state index in [-0.39, 0.29) is 0 Å². The summed E-state index contributed by atoms with van der Waals surface area (Å²) in [5.41, 5.74) is 0.793. The first-order valence-corrected chi connectivity index (χ1v) is 5.27. The number of aromatic nitrogens is 3. The molecule has 78 valence electrons. The van der Waals surface area contributed by atoms with Crippen LogP contribution in [0, 0.1) is 0 Å². The van der Waals surface area contributed by atoms with Gasteiger partial charge >= 0.3 is 6.01 Å². The standard InChI is InChI=1S/C9H9BrN4O/c1-2-12-9-14-13-8(15-9)6-3-7(10)5-11-4-6/h3-5H,2H2,1H3,(H,12,14). The summed E-state index contributed by atoms with van der Waals surface area (Å²) < 4.78 is 6.25. The zero-order valence-electron chi connectivity index (χ0n) is 8.07. The largest absolute Gasteiger partial charge is 0.403 e. The van der Waals surface area contributed by atoms with Gasteiger partial charge in [0.2, 0.25) is 0 Å². The fourth-order valence-electron chi connectivity index (χ4n) is 1.09. The van der Waals surface area contributed by atoms with Crippen LogP contribution in [-0.2, 0) is 0 Å². The normalized spacial score (nSPS) is 10.3. The predicted octanol–water partition coefficient (Wildman–Crippen LogP) is 2.33. The molecule has 0 aromatic carbocycles. The van der Waals surface area contributed by atoms with E-state index >= 15 is 0 Å². The van der Waals surface area contributed by atoms with Crippen LogP contribution in [0.2, 0.25) is 0 Å². The quantitative estimate of drug-likeness (QED) is 0.926. The zero-order chi connectivity index (χ0) is 10.7. The smallest absolute Gasteiger partial charge is 0.315 e. The SMILES string of the molecule is CCNc1nnc(-c2cncc(Br)c2)o1. The van der Waals surface area contributed by atoms with Crippen LogP contribution in [0.4, 0.5) is 6.01 Å². The molecule has 15 heavy (non-hydrogen) atoms. The Morgan fingerprint density at radius 1 is 1.40 bits per heavy atom. The molecule has 0 bridgehead atoms. The summed E-state index contributed by atoms with van der Waals surface area (Å²) in [6.07, 6.45) is 3.37. The first-order valence-electron chi connectivity index (χ1n) is 4.48. The summed E-state index contributed by atoms with van der Waals surface area (Å²) in [5, 5.41) is 10.7. The molecule has 0 saturated carbocycles. The number of nitrogens with zero attached hydrogens (tertiary/aromatic N) is 3. The molecular weight excluding hydrogens is 260 g/mol. The van der Waals surface area contributed by atoms with Crippen LogP contribution < -0.4 is 5.32 Å². The van der Waals surface area contributed by atoms with Gasteiger partial charge in [-0.15, -0.1) is 5.10 Å². The van der Waals surface area contributed by atoms with E-state index in [1.807, 2.05) is 13.0 Å². The summed E-state index contributed by atoms with van der Waals surface area (Å²) in [6.45, 7) is 2.71. The Morgan fingerprint density at radius 2 is 2.27 bits per heavy atom. The Hall–Kier alpha value is -1.43. The van der Waals surface area contributed by atoms with E-state index in [9.17, 15) is 0 Å². The second-order valence-electron chi connectivity index (χ2n) is 2.83. The third-order valence-electron chi connectivity index (χ3n) is 1.70. The van der Waals surface area contributed by atoms with Crippen LogP contribution in [0.15, 0.2) is 27.3 Å². The second-order valence-corrected chi connectivity index (χ2v) is 3.75. The van der Waals surface area contributed by atoms with Gasteiger partial charge in [0, 0.05) is 23.4 Å². The van der Waals surface area contributed by atoms with Crippen LogP contribution in [0.3, 0.4) is 0 Å². The van der Waals surface area contributed by atoms with Gasteiger partial charge in [0.1, 0.15) is 0 Å². The van der Waals surface area contributed by atoms with Crippen molar-refractivity contribution in [2.45, 2.75) is 6.92 Å². The molecule has 0 aliphatic rings. The van der Waals surface area contributed by atoms with Gasteiger partial charge in [-0.25, -0.2) is 0 Å². The van der Waals surface area contributed by atoms with Gasteiger partial charge in [-0.1, -0.05) is 5.10 Å². The van der Waals surface area contributed by atoms with Gasteiger partial charge in [-0.3, -0.25) is 4.98 Å². The summed E-state index contributed by atoms with van der Waals surface area (Å²) in [5.74, 6) is 0.458. The minimum atomic E-state index is 0.424. The van der Waals surface area contributed by atoms with Gasteiger partial charge in [0.05, 0.1) is 5.56 Å². The average Bonchev–Trinajstić information content (AvgIpc) is 2.67. The van der Waals surface area contributed by atoms with E-state index in [1.165, 1.54) is 0 Å². The minimum absolute atomic E-state index is 0.424. The highest BCUT2D eigenvalue weighted by Crippen LogP contribution is 2.21. The second kappa shape index (κ2) is 4.39. The molecule has 1 N–H and O–H groups in total. The van der Waals surface area contributed by atoms with Gasteiger partial charge in [-0.2, -0.15) is 0 Å². The van der Waals surface area contributed by atoms with Crippen LogP contribution in [0.1, 0.15) is 6.92 Å². The molecule has 0 unspecified atom stereocenters. The van der Waals surface area contributed by atoms with Crippen LogP contribution in [0.25, 0.3) is 11.5 Å². The zero-order valence-corrected chi connectivity index (χ0v) is 9.65. The fraction of sp³-hybridized carbons (Fsp3) is 0.222. The lowest BCUT2D eigenvalue weighted by atomic mass is 10.3. The van der Waals surface area contributed by atoms with E-state index < -0.39 is 0 Å².